The fourth-order valence-corrected chi connectivity index (χ4v) is 3.07. The third-order valence-electron chi connectivity index (χ3n) is 4.73. The van der Waals surface area contributed by atoms with Gasteiger partial charge in [-0.05, 0) is 54.1 Å². The molecular weight excluding hydrogens is 378 g/mol. The monoisotopic (exact) mass is 407 g/mol. The lowest BCUT2D eigenvalue weighted by Gasteiger charge is -2.26. The second-order valence-corrected chi connectivity index (χ2v) is 7.27. The summed E-state index contributed by atoms with van der Waals surface area (Å²) in [5, 5.41) is 10.6. The Balaban J connectivity index is 1.64. The van der Waals surface area contributed by atoms with Crippen LogP contribution in [0.2, 0.25) is 0 Å². The number of aliphatic hydroxyl groups is 1. The molecule has 0 bridgehead atoms. The predicted molar refractivity (Wildman–Crippen MR) is 121 cm³/mol. The highest BCUT2D eigenvalue weighted by molar-refractivity contribution is 5.47. The number of aliphatic hydroxyl groups excluding tert-OH is 1. The van der Waals surface area contributed by atoms with E-state index in [1.165, 1.54) is 0 Å². The Hall–Kier alpha value is -3.25. The molecule has 2 aromatic carbocycles. The Bertz CT molecular complexity index is 884. The molecule has 1 unspecified atom stereocenters. The van der Waals surface area contributed by atoms with Crippen LogP contribution in [0.1, 0.15) is 5.56 Å². The summed E-state index contributed by atoms with van der Waals surface area (Å²) in [5.74, 6) is 2.28. The van der Waals surface area contributed by atoms with Crippen LogP contribution in [0.3, 0.4) is 0 Å². The van der Waals surface area contributed by atoms with Crippen LogP contribution in [0.25, 0.3) is 0 Å². The molecule has 1 atom stereocenters. The van der Waals surface area contributed by atoms with Crippen molar-refractivity contribution >= 4 is 11.5 Å². The van der Waals surface area contributed by atoms with Crippen molar-refractivity contribution in [3.8, 4) is 11.5 Å². The highest BCUT2D eigenvalue weighted by atomic mass is 16.5. The number of benzene rings is 2. The number of aromatic nitrogens is 1. The Morgan fingerprint density at radius 2 is 1.63 bits per heavy atom. The van der Waals surface area contributed by atoms with Crippen molar-refractivity contribution in [1.82, 2.24) is 4.98 Å². The van der Waals surface area contributed by atoms with Gasteiger partial charge in [0.05, 0.1) is 7.11 Å². The smallest absolute Gasteiger partial charge is 0.128 e. The number of ether oxygens (including phenoxy) is 2. The van der Waals surface area contributed by atoms with Gasteiger partial charge in [-0.25, -0.2) is 4.98 Å². The Morgan fingerprint density at radius 3 is 2.23 bits per heavy atom. The average molecular weight is 408 g/mol. The minimum Gasteiger partial charge on any atom is -0.497 e. The van der Waals surface area contributed by atoms with E-state index in [0.717, 1.165) is 22.8 Å². The topological polar surface area (TPSA) is 58.1 Å². The van der Waals surface area contributed by atoms with Gasteiger partial charge in [-0.1, -0.05) is 18.2 Å². The molecule has 0 aliphatic carbocycles. The fourth-order valence-electron chi connectivity index (χ4n) is 3.07. The summed E-state index contributed by atoms with van der Waals surface area (Å²) in [6.45, 7) is 1.24. The van der Waals surface area contributed by atoms with E-state index in [0.29, 0.717) is 18.8 Å². The Morgan fingerprint density at radius 1 is 0.933 bits per heavy atom. The second-order valence-electron chi connectivity index (χ2n) is 7.27. The van der Waals surface area contributed by atoms with Crippen LogP contribution < -0.4 is 19.3 Å². The maximum Gasteiger partial charge on any atom is 0.128 e. The molecule has 3 rings (SSSR count). The minimum absolute atomic E-state index is 0.190. The zero-order valence-corrected chi connectivity index (χ0v) is 17.7. The van der Waals surface area contributed by atoms with E-state index in [9.17, 15) is 5.11 Å². The molecule has 0 saturated carbocycles. The van der Waals surface area contributed by atoms with Crippen molar-refractivity contribution in [3.63, 3.8) is 0 Å². The summed E-state index contributed by atoms with van der Waals surface area (Å²) >= 11 is 0. The molecule has 0 aliphatic heterocycles. The number of methoxy groups -OCH3 is 1. The van der Waals surface area contributed by atoms with Crippen LogP contribution in [0.4, 0.5) is 11.5 Å². The molecular formula is C24H29N3O3. The number of anilines is 2. The molecule has 158 valence electrons. The first-order chi connectivity index (χ1) is 14.5. The summed E-state index contributed by atoms with van der Waals surface area (Å²) in [4.78, 5) is 8.60. The van der Waals surface area contributed by atoms with Crippen LogP contribution in [0.15, 0.2) is 72.9 Å². The van der Waals surface area contributed by atoms with Crippen molar-refractivity contribution in [3.05, 3.63) is 78.5 Å². The fraction of sp³-hybridized carbons (Fsp3) is 0.292. The molecule has 0 radical (unpaired) electrons. The zero-order chi connectivity index (χ0) is 21.3. The van der Waals surface area contributed by atoms with E-state index in [1.807, 2.05) is 56.6 Å². The molecule has 3 aromatic rings. The number of pyridine rings is 1. The third-order valence-corrected chi connectivity index (χ3v) is 4.73. The van der Waals surface area contributed by atoms with Crippen LogP contribution in [-0.2, 0) is 6.54 Å². The van der Waals surface area contributed by atoms with Crippen LogP contribution in [0, 0.1) is 0 Å². The molecule has 0 spiro atoms. The maximum atomic E-state index is 10.6. The normalized spacial score (nSPS) is 11.6. The highest BCUT2D eigenvalue weighted by Crippen LogP contribution is 2.19. The van der Waals surface area contributed by atoms with E-state index in [4.69, 9.17) is 9.47 Å². The summed E-state index contributed by atoms with van der Waals surface area (Å²) in [6, 6.07) is 21.5. The van der Waals surface area contributed by atoms with Gasteiger partial charge in [0.2, 0.25) is 0 Å². The Labute approximate surface area is 178 Å². The number of hydrogen-bond acceptors (Lipinski definition) is 6. The zero-order valence-electron chi connectivity index (χ0n) is 17.7. The minimum atomic E-state index is -0.671. The lowest BCUT2D eigenvalue weighted by Crippen LogP contribution is -2.35. The summed E-state index contributed by atoms with van der Waals surface area (Å²) < 4.78 is 10.9. The maximum absolute atomic E-state index is 10.6. The van der Waals surface area contributed by atoms with Crippen molar-refractivity contribution < 1.29 is 14.6 Å². The van der Waals surface area contributed by atoms with E-state index < -0.39 is 6.10 Å². The molecule has 0 fully saturated rings. The van der Waals surface area contributed by atoms with E-state index >= 15 is 0 Å². The predicted octanol–water partition coefficient (Wildman–Crippen LogP) is 3.60. The molecule has 0 saturated heterocycles. The largest absolute Gasteiger partial charge is 0.497 e. The molecule has 1 heterocycles. The molecule has 1 aromatic heterocycles. The SMILES string of the molecule is COc1ccc(OCC(O)CN(Cc2ccc(N(C)C)cc2)c2ccccn2)cc1. The number of rotatable bonds is 10. The van der Waals surface area contributed by atoms with Gasteiger partial charge < -0.3 is 24.4 Å². The van der Waals surface area contributed by atoms with Gasteiger partial charge >= 0.3 is 0 Å². The molecule has 1 N–H and O–H groups in total. The van der Waals surface area contributed by atoms with Gasteiger partial charge in [0, 0.05) is 39.1 Å². The first kappa shape index (κ1) is 21.5. The summed E-state index contributed by atoms with van der Waals surface area (Å²) in [6.07, 6.45) is 1.09. The van der Waals surface area contributed by atoms with Gasteiger partial charge in [-0.2, -0.15) is 0 Å². The van der Waals surface area contributed by atoms with Crippen molar-refractivity contribution in [1.29, 1.82) is 0 Å². The average Bonchev–Trinajstić information content (AvgIpc) is 2.78. The van der Waals surface area contributed by atoms with Gasteiger partial charge in [-0.3, -0.25) is 0 Å². The molecule has 0 amide bonds. The first-order valence-corrected chi connectivity index (χ1v) is 9.92. The van der Waals surface area contributed by atoms with Gasteiger partial charge in [0.15, 0.2) is 0 Å². The molecule has 6 nitrogen and oxygen atoms in total. The number of hydrogen-bond donors (Lipinski definition) is 1. The lowest BCUT2D eigenvalue weighted by molar-refractivity contribution is 0.111. The lowest BCUT2D eigenvalue weighted by atomic mass is 10.1. The molecule has 30 heavy (non-hydrogen) atoms. The molecule has 0 aliphatic rings. The van der Waals surface area contributed by atoms with E-state index in [-0.39, 0.29) is 6.61 Å². The van der Waals surface area contributed by atoms with Gasteiger partial charge in [0.25, 0.3) is 0 Å². The summed E-state index contributed by atoms with van der Waals surface area (Å²) in [5.41, 5.74) is 2.30. The third kappa shape index (κ3) is 6.12. The Kier molecular flexibility index (Phi) is 7.51. The standard InChI is InChI=1S/C24H29N3O3/c1-26(2)20-9-7-19(8-10-20)16-27(24-6-4-5-15-25-24)17-21(28)18-30-23-13-11-22(29-3)12-14-23/h4-15,21,28H,16-18H2,1-3H3. The van der Waals surface area contributed by atoms with Crippen molar-refractivity contribution in [2.24, 2.45) is 0 Å². The van der Waals surface area contributed by atoms with Crippen LogP contribution >= 0.6 is 0 Å². The van der Waals surface area contributed by atoms with Crippen LogP contribution in [-0.4, -0.2) is 50.6 Å². The summed E-state index contributed by atoms with van der Waals surface area (Å²) in [7, 11) is 5.67. The van der Waals surface area contributed by atoms with Crippen molar-refractivity contribution in [2.75, 3.05) is 44.2 Å². The van der Waals surface area contributed by atoms with Gasteiger partial charge in [-0.15, -0.1) is 0 Å². The first-order valence-electron chi connectivity index (χ1n) is 9.92. The second kappa shape index (κ2) is 10.5. The molecule has 6 heteroatoms. The highest BCUT2D eigenvalue weighted by Gasteiger charge is 2.15. The van der Waals surface area contributed by atoms with E-state index in [1.54, 1.807) is 13.3 Å². The van der Waals surface area contributed by atoms with E-state index in [2.05, 4.69) is 39.0 Å². The number of nitrogens with zero attached hydrogens (tertiary/aromatic N) is 3. The quantitative estimate of drug-likeness (QED) is 0.554. The van der Waals surface area contributed by atoms with Crippen molar-refractivity contribution in [2.45, 2.75) is 12.6 Å². The van der Waals surface area contributed by atoms with Gasteiger partial charge in [0.1, 0.15) is 30.0 Å². The van der Waals surface area contributed by atoms with Crippen LogP contribution in [0.5, 0.6) is 11.5 Å².